The molecule has 0 rings (SSSR count). The number of carbonyl (C=O) groups is 1. The standard InChI is InChI=1S/C13H24F2O2S/c1-10(2)9-11(12(16)17-4)18-8-6-5-7-13(3,14)15/h10-11H,5-9H2,1-4H3. The van der Waals surface area contributed by atoms with Gasteiger partial charge < -0.3 is 4.74 Å². The highest BCUT2D eigenvalue weighted by atomic mass is 32.2. The van der Waals surface area contributed by atoms with E-state index in [0.29, 0.717) is 18.8 Å². The predicted octanol–water partition coefficient (Wildman–Crippen LogP) is 4.13. The molecule has 1 atom stereocenters. The van der Waals surface area contributed by atoms with Crippen molar-refractivity contribution in [2.24, 2.45) is 5.92 Å². The molecule has 0 fully saturated rings. The fourth-order valence-corrected chi connectivity index (χ4v) is 2.96. The maximum atomic E-state index is 12.6. The van der Waals surface area contributed by atoms with E-state index in [1.165, 1.54) is 18.9 Å². The van der Waals surface area contributed by atoms with E-state index in [2.05, 4.69) is 0 Å². The van der Waals surface area contributed by atoms with E-state index in [4.69, 9.17) is 4.74 Å². The van der Waals surface area contributed by atoms with Crippen molar-refractivity contribution in [2.45, 2.75) is 57.6 Å². The summed E-state index contributed by atoms with van der Waals surface area (Å²) in [5.74, 6) is -1.65. The van der Waals surface area contributed by atoms with Crippen LogP contribution < -0.4 is 0 Å². The summed E-state index contributed by atoms with van der Waals surface area (Å²) in [4.78, 5) is 11.5. The van der Waals surface area contributed by atoms with Gasteiger partial charge in [0.05, 0.1) is 7.11 Å². The van der Waals surface area contributed by atoms with Crippen LogP contribution in [0.15, 0.2) is 0 Å². The highest BCUT2D eigenvalue weighted by molar-refractivity contribution is 8.00. The molecular weight excluding hydrogens is 258 g/mol. The first-order chi connectivity index (χ1) is 8.26. The van der Waals surface area contributed by atoms with Crippen LogP contribution in [-0.4, -0.2) is 30.0 Å². The summed E-state index contributed by atoms with van der Waals surface area (Å²) >= 11 is 1.51. The average molecular weight is 282 g/mol. The number of unbranched alkanes of at least 4 members (excludes halogenated alkanes) is 1. The molecule has 0 aliphatic carbocycles. The molecule has 0 amide bonds. The maximum absolute atomic E-state index is 12.6. The Balaban J connectivity index is 3.86. The molecule has 0 heterocycles. The first kappa shape index (κ1) is 17.7. The Kier molecular flexibility index (Phi) is 8.57. The number of thioether (sulfide) groups is 1. The van der Waals surface area contributed by atoms with Crippen LogP contribution >= 0.6 is 11.8 Å². The summed E-state index contributed by atoms with van der Waals surface area (Å²) in [7, 11) is 1.38. The van der Waals surface area contributed by atoms with Crippen LogP contribution in [0.2, 0.25) is 0 Å². The second-order valence-electron chi connectivity index (χ2n) is 5.04. The van der Waals surface area contributed by atoms with E-state index in [-0.39, 0.29) is 17.6 Å². The molecule has 1 unspecified atom stereocenters. The van der Waals surface area contributed by atoms with Gasteiger partial charge in [0.2, 0.25) is 5.92 Å². The molecule has 0 aliphatic heterocycles. The van der Waals surface area contributed by atoms with Gasteiger partial charge in [0.1, 0.15) is 5.25 Å². The van der Waals surface area contributed by atoms with Gasteiger partial charge in [-0.2, -0.15) is 0 Å². The van der Waals surface area contributed by atoms with Gasteiger partial charge in [0.15, 0.2) is 0 Å². The zero-order valence-electron chi connectivity index (χ0n) is 11.7. The average Bonchev–Trinajstić information content (AvgIpc) is 2.24. The molecule has 2 nitrogen and oxygen atoms in total. The molecule has 0 saturated heterocycles. The largest absolute Gasteiger partial charge is 0.468 e. The van der Waals surface area contributed by atoms with Crippen LogP contribution in [0, 0.1) is 5.92 Å². The number of esters is 1. The molecule has 0 bridgehead atoms. The first-order valence-corrected chi connectivity index (χ1v) is 7.38. The number of rotatable bonds is 9. The van der Waals surface area contributed by atoms with Gasteiger partial charge in [0, 0.05) is 6.42 Å². The maximum Gasteiger partial charge on any atom is 0.318 e. The van der Waals surface area contributed by atoms with Gasteiger partial charge in [-0.05, 0) is 37.9 Å². The summed E-state index contributed by atoms with van der Waals surface area (Å²) in [6.45, 7) is 5.04. The van der Waals surface area contributed by atoms with Crippen LogP contribution in [0.1, 0.15) is 46.5 Å². The first-order valence-electron chi connectivity index (χ1n) is 6.33. The lowest BCUT2D eigenvalue weighted by Crippen LogP contribution is -2.21. The predicted molar refractivity (Wildman–Crippen MR) is 72.2 cm³/mol. The SMILES string of the molecule is COC(=O)C(CC(C)C)SCCCCC(C)(F)F. The third-order valence-electron chi connectivity index (χ3n) is 2.48. The van der Waals surface area contributed by atoms with Crippen LogP contribution in [-0.2, 0) is 9.53 Å². The van der Waals surface area contributed by atoms with E-state index < -0.39 is 5.92 Å². The van der Waals surface area contributed by atoms with Crippen LogP contribution in [0.4, 0.5) is 8.78 Å². The molecule has 0 saturated carbocycles. The number of hydrogen-bond acceptors (Lipinski definition) is 3. The van der Waals surface area contributed by atoms with Crippen LogP contribution in [0.3, 0.4) is 0 Å². The van der Waals surface area contributed by atoms with E-state index in [9.17, 15) is 13.6 Å². The summed E-state index contributed by atoms with van der Waals surface area (Å²) in [6.07, 6.45) is 1.88. The van der Waals surface area contributed by atoms with Crippen LogP contribution in [0.5, 0.6) is 0 Å². The molecule has 108 valence electrons. The highest BCUT2D eigenvalue weighted by Gasteiger charge is 2.22. The Morgan fingerprint density at radius 1 is 1.33 bits per heavy atom. The Labute approximate surface area is 113 Å². The van der Waals surface area contributed by atoms with Crippen molar-refractivity contribution in [1.82, 2.24) is 0 Å². The van der Waals surface area contributed by atoms with E-state index >= 15 is 0 Å². The van der Waals surface area contributed by atoms with Crippen molar-refractivity contribution in [1.29, 1.82) is 0 Å². The summed E-state index contributed by atoms with van der Waals surface area (Å²) in [5.41, 5.74) is 0. The lowest BCUT2D eigenvalue weighted by atomic mass is 10.1. The van der Waals surface area contributed by atoms with Gasteiger partial charge in [0.25, 0.3) is 0 Å². The molecule has 5 heteroatoms. The molecule has 0 spiro atoms. The normalized spacial score (nSPS) is 13.7. The van der Waals surface area contributed by atoms with E-state index in [0.717, 1.165) is 19.1 Å². The number of alkyl halides is 2. The van der Waals surface area contributed by atoms with E-state index in [1.54, 1.807) is 0 Å². The van der Waals surface area contributed by atoms with Crippen LogP contribution in [0.25, 0.3) is 0 Å². The van der Waals surface area contributed by atoms with Gasteiger partial charge in [-0.25, -0.2) is 8.78 Å². The van der Waals surface area contributed by atoms with Gasteiger partial charge >= 0.3 is 5.97 Å². The van der Waals surface area contributed by atoms with Gasteiger partial charge in [-0.1, -0.05) is 13.8 Å². The minimum absolute atomic E-state index is 0.0827. The second-order valence-corrected chi connectivity index (χ2v) is 6.35. The van der Waals surface area contributed by atoms with Crippen molar-refractivity contribution >= 4 is 17.7 Å². The fraction of sp³-hybridized carbons (Fsp3) is 0.923. The van der Waals surface area contributed by atoms with Crippen molar-refractivity contribution in [3.63, 3.8) is 0 Å². The number of hydrogen-bond donors (Lipinski definition) is 0. The molecular formula is C13H24F2O2S. The van der Waals surface area contributed by atoms with Crippen molar-refractivity contribution in [2.75, 3.05) is 12.9 Å². The van der Waals surface area contributed by atoms with Gasteiger partial charge in [-0.3, -0.25) is 4.79 Å². The van der Waals surface area contributed by atoms with E-state index in [1.807, 2.05) is 13.8 Å². The second kappa shape index (κ2) is 8.73. The van der Waals surface area contributed by atoms with Crippen molar-refractivity contribution < 1.29 is 18.3 Å². The molecule has 18 heavy (non-hydrogen) atoms. The van der Waals surface area contributed by atoms with Gasteiger partial charge in [-0.15, -0.1) is 11.8 Å². The molecule has 0 N–H and O–H groups in total. The summed E-state index contributed by atoms with van der Waals surface area (Å²) < 4.78 is 29.9. The lowest BCUT2D eigenvalue weighted by molar-refractivity contribution is -0.140. The number of ether oxygens (including phenoxy) is 1. The summed E-state index contributed by atoms with van der Waals surface area (Å²) in [6, 6.07) is 0. The Morgan fingerprint density at radius 3 is 2.39 bits per heavy atom. The zero-order valence-corrected chi connectivity index (χ0v) is 12.5. The third-order valence-corrected chi connectivity index (χ3v) is 3.79. The lowest BCUT2D eigenvalue weighted by Gasteiger charge is -2.16. The molecule has 0 aromatic carbocycles. The van der Waals surface area contributed by atoms with Crippen molar-refractivity contribution in [3.8, 4) is 0 Å². The number of carbonyl (C=O) groups excluding carboxylic acids is 1. The Hall–Kier alpha value is -0.320. The Bertz CT molecular complexity index is 240. The third kappa shape index (κ3) is 9.68. The number of halogens is 2. The zero-order chi connectivity index (χ0) is 14.2. The quantitative estimate of drug-likeness (QED) is 0.470. The molecule has 0 aromatic heterocycles. The molecule has 0 aliphatic rings. The highest BCUT2D eigenvalue weighted by Crippen LogP contribution is 2.24. The molecule has 0 aromatic rings. The molecule has 0 radical (unpaired) electrons. The Morgan fingerprint density at radius 2 is 1.94 bits per heavy atom. The fourth-order valence-electron chi connectivity index (χ4n) is 1.55. The summed E-state index contributed by atoms with van der Waals surface area (Å²) in [5, 5.41) is -0.169. The topological polar surface area (TPSA) is 26.3 Å². The minimum Gasteiger partial charge on any atom is -0.468 e. The number of methoxy groups -OCH3 is 1. The van der Waals surface area contributed by atoms with Crippen molar-refractivity contribution in [3.05, 3.63) is 0 Å². The monoisotopic (exact) mass is 282 g/mol. The smallest absolute Gasteiger partial charge is 0.318 e. The minimum atomic E-state index is -2.58.